The highest BCUT2D eigenvalue weighted by Crippen LogP contribution is 2.42. The molecular formula is C24H19ClN2O7. The smallest absolute Gasteiger partial charge is 0.337 e. The van der Waals surface area contributed by atoms with Crippen LogP contribution in [0.15, 0.2) is 58.6 Å². The first-order chi connectivity index (χ1) is 16.3. The fourth-order valence-corrected chi connectivity index (χ4v) is 4.00. The van der Waals surface area contributed by atoms with E-state index in [1.807, 2.05) is 0 Å². The molecule has 0 bridgehead atoms. The number of anilines is 1. The van der Waals surface area contributed by atoms with Crippen molar-refractivity contribution >= 4 is 40.8 Å². The zero-order valence-corrected chi connectivity index (χ0v) is 19.1. The lowest BCUT2D eigenvalue weighted by Gasteiger charge is -2.23. The van der Waals surface area contributed by atoms with Gasteiger partial charge in [0.2, 0.25) is 0 Å². The lowest BCUT2D eigenvalue weighted by atomic mass is 9.94. The number of ether oxygens (including phenoxy) is 2. The van der Waals surface area contributed by atoms with Gasteiger partial charge in [0, 0.05) is 11.6 Å². The molecule has 9 nitrogen and oxygen atoms in total. The molecule has 2 aromatic carbocycles. The Balaban J connectivity index is 1.90. The summed E-state index contributed by atoms with van der Waals surface area (Å²) in [5.74, 6) is -1.85. The third kappa shape index (κ3) is 3.90. The van der Waals surface area contributed by atoms with Gasteiger partial charge >= 0.3 is 11.9 Å². The summed E-state index contributed by atoms with van der Waals surface area (Å²) < 4.78 is 15.0. The summed E-state index contributed by atoms with van der Waals surface area (Å²) in [6, 6.07) is 11.1. The number of methoxy groups -OCH3 is 2. The zero-order chi connectivity index (χ0) is 24.6. The number of rotatable bonds is 5. The highest BCUT2D eigenvalue weighted by atomic mass is 35.5. The fourth-order valence-electron chi connectivity index (χ4n) is 3.74. The number of carbonyl (C=O) groups is 3. The van der Waals surface area contributed by atoms with Crippen LogP contribution in [0, 0.1) is 6.92 Å². The predicted molar refractivity (Wildman–Crippen MR) is 122 cm³/mol. The van der Waals surface area contributed by atoms with Crippen LogP contribution in [0.25, 0.3) is 5.76 Å². The number of nitrogens with zero attached hydrogens (tertiary/aromatic N) is 2. The Morgan fingerprint density at radius 2 is 1.76 bits per heavy atom. The van der Waals surface area contributed by atoms with Crippen LogP contribution in [0.1, 0.15) is 33.3 Å². The summed E-state index contributed by atoms with van der Waals surface area (Å²) in [5, 5.41) is 15.2. The van der Waals surface area contributed by atoms with E-state index in [0.29, 0.717) is 17.1 Å². The third-order valence-corrected chi connectivity index (χ3v) is 5.67. The number of aliphatic hydroxyl groups excluding tert-OH is 1. The van der Waals surface area contributed by atoms with Crippen LogP contribution >= 0.6 is 11.6 Å². The first-order valence-electron chi connectivity index (χ1n) is 10.0. The van der Waals surface area contributed by atoms with Gasteiger partial charge < -0.3 is 19.1 Å². The van der Waals surface area contributed by atoms with Crippen molar-refractivity contribution in [2.24, 2.45) is 0 Å². The molecule has 1 N–H and O–H groups in total. The number of halogens is 1. The number of aliphatic hydroxyl groups is 1. The van der Waals surface area contributed by atoms with Crippen molar-refractivity contribution in [1.82, 2.24) is 5.16 Å². The molecule has 2 heterocycles. The van der Waals surface area contributed by atoms with Gasteiger partial charge in [-0.3, -0.25) is 14.5 Å². The molecule has 1 aliphatic rings. The van der Waals surface area contributed by atoms with E-state index in [2.05, 4.69) is 5.16 Å². The van der Waals surface area contributed by atoms with Crippen LogP contribution in [0.2, 0.25) is 5.02 Å². The zero-order valence-electron chi connectivity index (χ0n) is 18.4. The summed E-state index contributed by atoms with van der Waals surface area (Å²) in [4.78, 5) is 39.2. The molecule has 1 fully saturated rings. The second-order valence-corrected chi connectivity index (χ2v) is 7.83. The fraction of sp³-hybridized carbons (Fsp3) is 0.167. The molecule has 0 saturated carbocycles. The number of benzene rings is 2. The number of Topliss-reactive ketones (excluding diaryl/α,β-unsaturated/α-hetero) is 1. The average Bonchev–Trinajstić information content (AvgIpc) is 3.38. The van der Waals surface area contributed by atoms with Crippen molar-refractivity contribution in [3.63, 3.8) is 0 Å². The van der Waals surface area contributed by atoms with Gasteiger partial charge in [0.15, 0.2) is 5.82 Å². The van der Waals surface area contributed by atoms with E-state index < -0.39 is 29.5 Å². The number of amides is 1. The van der Waals surface area contributed by atoms with Crippen molar-refractivity contribution < 1.29 is 33.5 Å². The molecule has 0 radical (unpaired) electrons. The molecule has 1 aromatic heterocycles. The monoisotopic (exact) mass is 482 g/mol. The van der Waals surface area contributed by atoms with Gasteiger partial charge in [-0.2, -0.15) is 0 Å². The Hall–Kier alpha value is -4.11. The maximum Gasteiger partial charge on any atom is 0.337 e. The van der Waals surface area contributed by atoms with E-state index in [1.54, 1.807) is 19.1 Å². The molecule has 4 rings (SSSR count). The Bertz CT molecular complexity index is 1330. The molecule has 34 heavy (non-hydrogen) atoms. The maximum absolute atomic E-state index is 13.1. The number of carbonyl (C=O) groups excluding carboxylic acids is 3. The van der Waals surface area contributed by atoms with Crippen LogP contribution < -0.4 is 9.64 Å². The van der Waals surface area contributed by atoms with Crippen molar-refractivity contribution in [2.45, 2.75) is 13.0 Å². The molecule has 0 unspecified atom stereocenters. The second kappa shape index (κ2) is 9.03. The average molecular weight is 483 g/mol. The minimum Gasteiger partial charge on any atom is -0.507 e. The highest BCUT2D eigenvalue weighted by molar-refractivity contribution is 6.51. The van der Waals surface area contributed by atoms with Gasteiger partial charge in [-0.1, -0.05) is 28.9 Å². The van der Waals surface area contributed by atoms with Crippen molar-refractivity contribution in [2.75, 3.05) is 19.1 Å². The highest BCUT2D eigenvalue weighted by Gasteiger charge is 2.48. The van der Waals surface area contributed by atoms with Crippen molar-refractivity contribution in [1.29, 1.82) is 0 Å². The van der Waals surface area contributed by atoms with E-state index in [1.165, 1.54) is 50.6 Å². The number of esters is 1. The van der Waals surface area contributed by atoms with Gasteiger partial charge in [0.05, 0.1) is 36.4 Å². The quantitative estimate of drug-likeness (QED) is 0.250. The Morgan fingerprint density at radius 3 is 2.32 bits per heavy atom. The molecule has 174 valence electrons. The van der Waals surface area contributed by atoms with E-state index >= 15 is 0 Å². The van der Waals surface area contributed by atoms with Crippen molar-refractivity contribution in [3.8, 4) is 5.75 Å². The molecule has 0 aliphatic carbocycles. The predicted octanol–water partition coefficient (Wildman–Crippen LogP) is 4.06. The minimum atomic E-state index is -1.04. The number of aryl methyl sites for hydroxylation is 1. The summed E-state index contributed by atoms with van der Waals surface area (Å²) in [6.07, 6.45) is 0. The van der Waals surface area contributed by atoms with Crippen LogP contribution in [0.4, 0.5) is 5.82 Å². The third-order valence-electron chi connectivity index (χ3n) is 5.38. The molecule has 3 aromatic rings. The Morgan fingerprint density at radius 1 is 1.09 bits per heavy atom. The van der Waals surface area contributed by atoms with E-state index in [4.69, 9.17) is 25.6 Å². The molecule has 1 amide bonds. The standard InChI is InChI=1S/C24H19ClN2O7/c1-12-10-18(26-34-12)27-20(13-4-6-14(7-5-13)24(31)33-3)19(22(29)23(27)30)21(28)15-8-9-17(32-2)16(25)11-15/h4-11,20,28H,1-3H3/b21-19+/t20-/m0/s1. The number of aromatic nitrogens is 1. The summed E-state index contributed by atoms with van der Waals surface area (Å²) in [6.45, 7) is 1.65. The first kappa shape index (κ1) is 23.1. The van der Waals surface area contributed by atoms with Crippen molar-refractivity contribution in [3.05, 3.63) is 81.6 Å². The van der Waals surface area contributed by atoms with Crippen LogP contribution in [-0.4, -0.2) is 42.1 Å². The number of hydrogen-bond donors (Lipinski definition) is 1. The second-order valence-electron chi connectivity index (χ2n) is 7.43. The van der Waals surface area contributed by atoms with Crippen LogP contribution in [0.3, 0.4) is 0 Å². The van der Waals surface area contributed by atoms with Crippen LogP contribution in [0.5, 0.6) is 5.75 Å². The van der Waals surface area contributed by atoms with Gasteiger partial charge in [-0.05, 0) is 42.8 Å². The summed E-state index contributed by atoms with van der Waals surface area (Å²) in [7, 11) is 2.71. The van der Waals surface area contributed by atoms with E-state index in [0.717, 1.165) is 4.90 Å². The first-order valence-corrected chi connectivity index (χ1v) is 10.4. The lowest BCUT2D eigenvalue weighted by molar-refractivity contribution is -0.132. The topological polar surface area (TPSA) is 119 Å². The normalized spacial score (nSPS) is 17.2. The lowest BCUT2D eigenvalue weighted by Crippen LogP contribution is -2.29. The SMILES string of the molecule is COC(=O)c1ccc([C@H]2/C(=C(\O)c3ccc(OC)c(Cl)c3)C(=O)C(=O)N2c2cc(C)on2)cc1. The minimum absolute atomic E-state index is 0.105. The van der Waals surface area contributed by atoms with Crippen LogP contribution in [-0.2, 0) is 14.3 Å². The van der Waals surface area contributed by atoms with Gasteiger partial charge in [-0.25, -0.2) is 4.79 Å². The number of hydrogen-bond acceptors (Lipinski definition) is 8. The summed E-state index contributed by atoms with van der Waals surface area (Å²) >= 11 is 6.20. The Kier molecular flexibility index (Phi) is 6.12. The molecule has 1 atom stereocenters. The summed E-state index contributed by atoms with van der Waals surface area (Å²) in [5.41, 5.74) is 0.783. The number of ketones is 1. The van der Waals surface area contributed by atoms with E-state index in [-0.39, 0.29) is 27.5 Å². The molecule has 10 heteroatoms. The van der Waals surface area contributed by atoms with Gasteiger partial charge in [0.1, 0.15) is 17.3 Å². The van der Waals surface area contributed by atoms with Gasteiger partial charge in [0.25, 0.3) is 5.78 Å². The molecule has 1 aliphatic heterocycles. The Labute approximate surface area is 199 Å². The maximum atomic E-state index is 13.1. The largest absolute Gasteiger partial charge is 0.507 e. The molecule has 0 spiro atoms. The van der Waals surface area contributed by atoms with Gasteiger partial charge in [-0.15, -0.1) is 0 Å². The van der Waals surface area contributed by atoms with E-state index in [9.17, 15) is 19.5 Å². The molecular weight excluding hydrogens is 464 g/mol. The molecule has 1 saturated heterocycles.